The first kappa shape index (κ1) is 17.0. The Bertz CT molecular complexity index is 221. The van der Waals surface area contributed by atoms with Crippen molar-refractivity contribution in [2.24, 2.45) is 5.92 Å². The molecule has 2 heteroatoms. The predicted molar refractivity (Wildman–Crippen MR) is 85.6 cm³/mol. The third-order valence-corrected chi connectivity index (χ3v) is 4.37. The largest absolute Gasteiger partial charge is 0.314 e. The molecule has 0 amide bonds. The Morgan fingerprint density at radius 2 is 1.74 bits per heavy atom. The highest BCUT2D eigenvalue weighted by atomic mass is 15.2. The van der Waals surface area contributed by atoms with E-state index in [1.165, 1.54) is 45.1 Å². The molecule has 0 aromatic heterocycles. The van der Waals surface area contributed by atoms with Crippen molar-refractivity contribution in [2.75, 3.05) is 13.1 Å². The fourth-order valence-electron chi connectivity index (χ4n) is 3.47. The van der Waals surface area contributed by atoms with Crippen molar-refractivity contribution in [1.29, 1.82) is 0 Å². The predicted octanol–water partition coefficient (Wildman–Crippen LogP) is 4.05. The first-order valence-electron chi connectivity index (χ1n) is 8.53. The summed E-state index contributed by atoms with van der Waals surface area (Å²) in [7, 11) is 0. The Kier molecular flexibility index (Phi) is 8.01. The molecule has 1 aliphatic carbocycles. The summed E-state index contributed by atoms with van der Waals surface area (Å²) >= 11 is 0. The van der Waals surface area contributed by atoms with Gasteiger partial charge in [-0.1, -0.05) is 33.6 Å². The molecular formula is C17H36N2. The summed E-state index contributed by atoms with van der Waals surface area (Å²) in [4.78, 5) is 2.81. The molecule has 1 N–H and O–H groups in total. The summed E-state index contributed by atoms with van der Waals surface area (Å²) in [6.45, 7) is 14.2. The highest BCUT2D eigenvalue weighted by molar-refractivity contribution is 4.83. The maximum atomic E-state index is 3.64. The fraction of sp³-hybridized carbons (Fsp3) is 1.00. The zero-order valence-corrected chi connectivity index (χ0v) is 13.9. The van der Waals surface area contributed by atoms with E-state index in [4.69, 9.17) is 0 Å². The van der Waals surface area contributed by atoms with E-state index in [1.54, 1.807) is 0 Å². The second-order valence-corrected chi connectivity index (χ2v) is 6.97. The zero-order chi connectivity index (χ0) is 14.3. The van der Waals surface area contributed by atoms with Crippen LogP contribution in [0.3, 0.4) is 0 Å². The summed E-state index contributed by atoms with van der Waals surface area (Å²) < 4.78 is 0. The number of nitrogens with zero attached hydrogens (tertiary/aromatic N) is 1. The van der Waals surface area contributed by atoms with Crippen LogP contribution in [-0.2, 0) is 0 Å². The highest BCUT2D eigenvalue weighted by Gasteiger charge is 2.27. The second kappa shape index (κ2) is 8.97. The lowest BCUT2D eigenvalue weighted by molar-refractivity contribution is 0.115. The van der Waals surface area contributed by atoms with Crippen molar-refractivity contribution in [1.82, 2.24) is 10.2 Å². The van der Waals surface area contributed by atoms with E-state index in [2.05, 4.69) is 44.8 Å². The molecule has 0 aromatic rings. The van der Waals surface area contributed by atoms with Gasteiger partial charge in [0.05, 0.1) is 0 Å². The van der Waals surface area contributed by atoms with Gasteiger partial charge in [-0.2, -0.15) is 0 Å². The first-order chi connectivity index (χ1) is 9.04. The molecule has 1 saturated carbocycles. The molecule has 0 bridgehead atoms. The van der Waals surface area contributed by atoms with Crippen molar-refractivity contribution in [3.8, 4) is 0 Å². The van der Waals surface area contributed by atoms with Crippen molar-refractivity contribution in [2.45, 2.75) is 91.3 Å². The summed E-state index contributed by atoms with van der Waals surface area (Å²) in [6, 6.07) is 2.21. The highest BCUT2D eigenvalue weighted by Crippen LogP contribution is 2.27. The summed E-state index contributed by atoms with van der Waals surface area (Å²) in [6.07, 6.45) is 8.24. The maximum absolute atomic E-state index is 3.64. The third kappa shape index (κ3) is 6.27. The van der Waals surface area contributed by atoms with Crippen LogP contribution in [0, 0.1) is 5.92 Å². The van der Waals surface area contributed by atoms with Gasteiger partial charge in [0, 0.05) is 24.7 Å². The summed E-state index contributed by atoms with van der Waals surface area (Å²) in [5, 5.41) is 3.64. The van der Waals surface area contributed by atoms with Gasteiger partial charge >= 0.3 is 0 Å². The van der Waals surface area contributed by atoms with E-state index in [1.807, 2.05) is 0 Å². The van der Waals surface area contributed by atoms with Gasteiger partial charge in [-0.25, -0.2) is 0 Å². The lowest BCUT2D eigenvalue weighted by atomic mass is 10.0. The topological polar surface area (TPSA) is 15.3 Å². The average molecular weight is 268 g/mol. The molecule has 0 aromatic carbocycles. The van der Waals surface area contributed by atoms with E-state index < -0.39 is 0 Å². The second-order valence-electron chi connectivity index (χ2n) is 6.97. The van der Waals surface area contributed by atoms with Crippen LogP contribution in [0.4, 0.5) is 0 Å². The lowest BCUT2D eigenvalue weighted by Gasteiger charge is -2.37. The van der Waals surface area contributed by atoms with Crippen LogP contribution in [0.2, 0.25) is 0 Å². The molecule has 2 atom stereocenters. The van der Waals surface area contributed by atoms with E-state index in [9.17, 15) is 0 Å². The minimum Gasteiger partial charge on any atom is -0.314 e. The SMILES string of the molecule is CCCNC(C)CC(C)N(CC(C)C)C1CCCC1. The van der Waals surface area contributed by atoms with Gasteiger partial charge in [0.2, 0.25) is 0 Å². The van der Waals surface area contributed by atoms with Crippen LogP contribution in [0.5, 0.6) is 0 Å². The van der Waals surface area contributed by atoms with Gasteiger partial charge < -0.3 is 5.32 Å². The van der Waals surface area contributed by atoms with E-state index in [0.29, 0.717) is 12.1 Å². The maximum Gasteiger partial charge on any atom is 0.00982 e. The Balaban J connectivity index is 2.47. The van der Waals surface area contributed by atoms with E-state index >= 15 is 0 Å². The minimum atomic E-state index is 0.644. The fourth-order valence-corrected chi connectivity index (χ4v) is 3.47. The molecule has 0 radical (unpaired) electrons. The molecule has 1 aliphatic rings. The van der Waals surface area contributed by atoms with Crippen LogP contribution in [0.15, 0.2) is 0 Å². The van der Waals surface area contributed by atoms with Gasteiger partial charge in [0.1, 0.15) is 0 Å². The van der Waals surface area contributed by atoms with Crippen molar-refractivity contribution in [3.05, 3.63) is 0 Å². The van der Waals surface area contributed by atoms with Gasteiger partial charge in [0.15, 0.2) is 0 Å². The molecule has 2 unspecified atom stereocenters. The quantitative estimate of drug-likeness (QED) is 0.678. The minimum absolute atomic E-state index is 0.644. The first-order valence-corrected chi connectivity index (χ1v) is 8.53. The van der Waals surface area contributed by atoms with Gasteiger partial charge in [0.25, 0.3) is 0 Å². The zero-order valence-electron chi connectivity index (χ0n) is 13.9. The van der Waals surface area contributed by atoms with Crippen LogP contribution in [0.1, 0.15) is 73.1 Å². The Morgan fingerprint density at radius 3 is 2.26 bits per heavy atom. The standard InChI is InChI=1S/C17H36N2/c1-6-11-18-15(4)12-16(5)19(13-14(2)3)17-9-7-8-10-17/h14-18H,6-13H2,1-5H3. The Hall–Kier alpha value is -0.0800. The van der Waals surface area contributed by atoms with Crippen LogP contribution >= 0.6 is 0 Å². The summed E-state index contributed by atoms with van der Waals surface area (Å²) in [5.74, 6) is 0.780. The average Bonchev–Trinajstić information content (AvgIpc) is 2.86. The lowest BCUT2D eigenvalue weighted by Crippen LogP contribution is -2.45. The molecule has 19 heavy (non-hydrogen) atoms. The van der Waals surface area contributed by atoms with Gasteiger partial charge in [-0.3, -0.25) is 4.90 Å². The van der Waals surface area contributed by atoms with Crippen LogP contribution < -0.4 is 5.32 Å². The molecule has 0 aliphatic heterocycles. The number of hydrogen-bond donors (Lipinski definition) is 1. The number of nitrogens with one attached hydrogen (secondary N) is 1. The third-order valence-electron chi connectivity index (χ3n) is 4.37. The molecular weight excluding hydrogens is 232 g/mol. The molecule has 1 rings (SSSR count). The number of hydrogen-bond acceptors (Lipinski definition) is 2. The molecule has 114 valence electrons. The Morgan fingerprint density at radius 1 is 1.11 bits per heavy atom. The van der Waals surface area contributed by atoms with E-state index in [-0.39, 0.29) is 0 Å². The summed E-state index contributed by atoms with van der Waals surface area (Å²) in [5.41, 5.74) is 0. The van der Waals surface area contributed by atoms with E-state index in [0.717, 1.165) is 18.5 Å². The van der Waals surface area contributed by atoms with Crippen molar-refractivity contribution < 1.29 is 0 Å². The van der Waals surface area contributed by atoms with Gasteiger partial charge in [-0.05, 0) is 52.0 Å². The molecule has 1 fully saturated rings. The molecule has 0 heterocycles. The molecule has 0 spiro atoms. The monoisotopic (exact) mass is 268 g/mol. The smallest absolute Gasteiger partial charge is 0.00982 e. The molecule has 2 nitrogen and oxygen atoms in total. The molecule has 0 saturated heterocycles. The van der Waals surface area contributed by atoms with Crippen LogP contribution in [0.25, 0.3) is 0 Å². The normalized spacial score (nSPS) is 20.4. The number of rotatable bonds is 9. The van der Waals surface area contributed by atoms with Crippen molar-refractivity contribution >= 4 is 0 Å². The van der Waals surface area contributed by atoms with Crippen LogP contribution in [-0.4, -0.2) is 36.1 Å². The van der Waals surface area contributed by atoms with Crippen molar-refractivity contribution in [3.63, 3.8) is 0 Å². The Labute approximate surface area is 121 Å². The van der Waals surface area contributed by atoms with Gasteiger partial charge in [-0.15, -0.1) is 0 Å².